The van der Waals surface area contributed by atoms with E-state index in [9.17, 15) is 29.0 Å². The number of nitrogens with zero attached hydrogens (tertiary/aromatic N) is 3. The molecule has 0 fully saturated rings. The summed E-state index contributed by atoms with van der Waals surface area (Å²) in [6.07, 6.45) is 0.277. The minimum Gasteiger partial charge on any atom is -0.335 e. The highest BCUT2D eigenvalue weighted by molar-refractivity contribution is 6.37. The molecule has 1 aromatic heterocycles. The van der Waals surface area contributed by atoms with E-state index in [0.29, 0.717) is 6.07 Å². The zero-order chi connectivity index (χ0) is 15.9. The average molecular weight is 319 g/mol. The fraction of sp³-hybridized carbons (Fsp3) is 0.100. The van der Waals surface area contributed by atoms with E-state index < -0.39 is 49.0 Å². The van der Waals surface area contributed by atoms with Gasteiger partial charge in [0.15, 0.2) is 11.3 Å². The molecule has 0 bridgehead atoms. The van der Waals surface area contributed by atoms with Gasteiger partial charge in [0.2, 0.25) is 0 Å². The van der Waals surface area contributed by atoms with Crippen LogP contribution >= 0.6 is 11.6 Å². The first-order chi connectivity index (χ1) is 9.69. The van der Waals surface area contributed by atoms with Crippen LogP contribution < -0.4 is 0 Å². The standard InChI is InChI=1S/C10H5ClF2N4O4/c1-2-10(12,13)9-14-7-5(17(20)21)3-4(16(18)19)6(11)8(7)15-9/h2-3H,1H2,(H,14,15). The highest BCUT2D eigenvalue weighted by Gasteiger charge is 2.35. The Kier molecular flexibility index (Phi) is 3.33. The van der Waals surface area contributed by atoms with Crippen LogP contribution in [0.25, 0.3) is 11.0 Å². The number of hydrogen-bond acceptors (Lipinski definition) is 5. The van der Waals surface area contributed by atoms with Crippen molar-refractivity contribution >= 4 is 34.0 Å². The molecule has 1 heterocycles. The molecule has 8 nitrogen and oxygen atoms in total. The van der Waals surface area contributed by atoms with Crippen LogP contribution in [-0.4, -0.2) is 19.8 Å². The molecule has 1 N–H and O–H groups in total. The number of nitrogens with one attached hydrogen (secondary N) is 1. The van der Waals surface area contributed by atoms with E-state index >= 15 is 0 Å². The van der Waals surface area contributed by atoms with Crippen LogP contribution in [0, 0.1) is 20.2 Å². The van der Waals surface area contributed by atoms with Gasteiger partial charge >= 0.3 is 11.6 Å². The molecule has 11 heteroatoms. The SMILES string of the molecule is C=CC(F)(F)c1nc2c([N+](=O)[O-])cc([N+](=O)[O-])c(Cl)c2[nH]1. The Hall–Kier alpha value is -2.62. The van der Waals surface area contributed by atoms with Gasteiger partial charge in [0, 0.05) is 0 Å². The molecule has 0 radical (unpaired) electrons. The second-order valence-electron chi connectivity index (χ2n) is 3.88. The summed E-state index contributed by atoms with van der Waals surface area (Å²) in [7, 11) is 0. The van der Waals surface area contributed by atoms with Crippen molar-refractivity contribution in [1.29, 1.82) is 0 Å². The fourth-order valence-corrected chi connectivity index (χ4v) is 1.89. The molecule has 2 aromatic rings. The number of aromatic amines is 1. The summed E-state index contributed by atoms with van der Waals surface area (Å²) < 4.78 is 27.0. The Labute approximate surface area is 119 Å². The first-order valence-corrected chi connectivity index (χ1v) is 5.59. The Balaban J connectivity index is 2.89. The van der Waals surface area contributed by atoms with Gasteiger partial charge in [0.05, 0.1) is 21.4 Å². The predicted molar refractivity (Wildman–Crippen MR) is 68.5 cm³/mol. The quantitative estimate of drug-likeness (QED) is 0.527. The van der Waals surface area contributed by atoms with Gasteiger partial charge in [-0.25, -0.2) is 4.98 Å². The van der Waals surface area contributed by atoms with Gasteiger partial charge < -0.3 is 4.98 Å². The van der Waals surface area contributed by atoms with E-state index in [2.05, 4.69) is 16.5 Å². The summed E-state index contributed by atoms with van der Waals surface area (Å²) in [5, 5.41) is 21.2. The molecule has 0 spiro atoms. The number of nitro benzene ring substituents is 2. The molecule has 0 aliphatic carbocycles. The van der Waals surface area contributed by atoms with Gasteiger partial charge in [0.25, 0.3) is 5.69 Å². The lowest BCUT2D eigenvalue weighted by molar-refractivity contribution is -0.393. The summed E-state index contributed by atoms with van der Waals surface area (Å²) in [4.78, 5) is 25.3. The number of allylic oxidation sites excluding steroid dienone is 1. The molecule has 0 unspecified atom stereocenters. The van der Waals surface area contributed by atoms with Crippen molar-refractivity contribution < 1.29 is 18.6 Å². The Morgan fingerprint density at radius 1 is 1.33 bits per heavy atom. The Bertz CT molecular complexity index is 789. The van der Waals surface area contributed by atoms with E-state index in [1.54, 1.807) is 0 Å². The van der Waals surface area contributed by atoms with Crippen LogP contribution in [-0.2, 0) is 5.92 Å². The molecule has 0 aliphatic rings. The van der Waals surface area contributed by atoms with Crippen molar-refractivity contribution in [2.75, 3.05) is 0 Å². The molecule has 2 rings (SSSR count). The van der Waals surface area contributed by atoms with Gasteiger partial charge in [-0.2, -0.15) is 8.78 Å². The number of imidazole rings is 1. The number of aromatic nitrogens is 2. The first-order valence-electron chi connectivity index (χ1n) is 5.22. The summed E-state index contributed by atoms with van der Waals surface area (Å²) in [6.45, 7) is 2.92. The zero-order valence-electron chi connectivity index (χ0n) is 9.97. The highest BCUT2D eigenvalue weighted by Crippen LogP contribution is 2.39. The van der Waals surface area contributed by atoms with Crippen molar-refractivity contribution in [3.8, 4) is 0 Å². The largest absolute Gasteiger partial charge is 0.335 e. The van der Waals surface area contributed by atoms with Crippen molar-refractivity contribution in [2.24, 2.45) is 0 Å². The lowest BCUT2D eigenvalue weighted by Gasteiger charge is -2.05. The van der Waals surface area contributed by atoms with Gasteiger partial charge in [0.1, 0.15) is 5.02 Å². The highest BCUT2D eigenvalue weighted by atomic mass is 35.5. The Morgan fingerprint density at radius 2 is 1.90 bits per heavy atom. The Morgan fingerprint density at radius 3 is 2.38 bits per heavy atom. The smallest absolute Gasteiger partial charge is 0.322 e. The molecule has 0 atom stereocenters. The molecule has 0 saturated carbocycles. The molecular formula is C10H5ClF2N4O4. The van der Waals surface area contributed by atoms with Crippen molar-refractivity contribution in [1.82, 2.24) is 9.97 Å². The van der Waals surface area contributed by atoms with Crippen LogP contribution in [0.15, 0.2) is 18.7 Å². The fourth-order valence-electron chi connectivity index (χ4n) is 1.63. The van der Waals surface area contributed by atoms with Gasteiger partial charge in [-0.3, -0.25) is 20.2 Å². The maximum Gasteiger partial charge on any atom is 0.322 e. The minimum atomic E-state index is -3.59. The van der Waals surface area contributed by atoms with Gasteiger partial charge in [-0.15, -0.1) is 0 Å². The number of fused-ring (bicyclic) bond motifs is 1. The molecular weight excluding hydrogens is 314 g/mol. The molecule has 110 valence electrons. The van der Waals surface area contributed by atoms with E-state index in [0.717, 1.165) is 0 Å². The van der Waals surface area contributed by atoms with E-state index in [4.69, 9.17) is 11.6 Å². The van der Waals surface area contributed by atoms with Crippen molar-refractivity contribution in [3.05, 3.63) is 49.8 Å². The van der Waals surface area contributed by atoms with Gasteiger partial charge in [-0.1, -0.05) is 18.2 Å². The topological polar surface area (TPSA) is 115 Å². The lowest BCUT2D eigenvalue weighted by atomic mass is 10.2. The first kappa shape index (κ1) is 14.8. The number of alkyl halides is 2. The minimum absolute atomic E-state index is 0.277. The molecule has 1 aromatic carbocycles. The van der Waals surface area contributed by atoms with Crippen LogP contribution in [0.4, 0.5) is 20.2 Å². The van der Waals surface area contributed by atoms with Crippen LogP contribution in [0.3, 0.4) is 0 Å². The maximum absolute atomic E-state index is 13.5. The number of benzene rings is 1. The normalized spacial score (nSPS) is 11.6. The number of halogens is 3. The number of nitro groups is 2. The zero-order valence-corrected chi connectivity index (χ0v) is 10.7. The third-order valence-electron chi connectivity index (χ3n) is 2.63. The van der Waals surface area contributed by atoms with E-state index in [1.165, 1.54) is 0 Å². The predicted octanol–water partition coefficient (Wildman–Crippen LogP) is 3.31. The number of non-ortho nitro benzene ring substituents is 1. The molecule has 0 saturated heterocycles. The average Bonchev–Trinajstić information content (AvgIpc) is 2.84. The third kappa shape index (κ3) is 2.29. The maximum atomic E-state index is 13.5. The second-order valence-corrected chi connectivity index (χ2v) is 4.26. The van der Waals surface area contributed by atoms with E-state index in [-0.39, 0.29) is 6.08 Å². The van der Waals surface area contributed by atoms with E-state index in [1.807, 2.05) is 0 Å². The molecule has 21 heavy (non-hydrogen) atoms. The number of hydrogen-bond donors (Lipinski definition) is 1. The van der Waals surface area contributed by atoms with Gasteiger partial charge in [-0.05, 0) is 6.08 Å². The van der Waals surface area contributed by atoms with Crippen LogP contribution in [0.5, 0.6) is 0 Å². The second kappa shape index (κ2) is 4.74. The molecule has 0 aliphatic heterocycles. The summed E-state index contributed by atoms with van der Waals surface area (Å²) in [6, 6.07) is 0.571. The summed E-state index contributed by atoms with van der Waals surface area (Å²) in [5.41, 5.74) is -2.49. The third-order valence-corrected chi connectivity index (χ3v) is 3.01. The number of H-pyrrole nitrogens is 1. The molecule has 0 amide bonds. The van der Waals surface area contributed by atoms with Crippen LogP contribution in [0.1, 0.15) is 5.82 Å². The summed E-state index contributed by atoms with van der Waals surface area (Å²) in [5.74, 6) is -4.54. The van der Waals surface area contributed by atoms with Crippen molar-refractivity contribution in [2.45, 2.75) is 5.92 Å². The lowest BCUT2D eigenvalue weighted by Crippen LogP contribution is -2.10. The monoisotopic (exact) mass is 318 g/mol. The van der Waals surface area contributed by atoms with Crippen LogP contribution in [0.2, 0.25) is 5.02 Å². The van der Waals surface area contributed by atoms with Crippen molar-refractivity contribution in [3.63, 3.8) is 0 Å². The summed E-state index contributed by atoms with van der Waals surface area (Å²) >= 11 is 5.71. The number of rotatable bonds is 4.